The van der Waals surface area contributed by atoms with Gasteiger partial charge in [0.2, 0.25) is 0 Å². The smallest absolute Gasteiger partial charge is 0.191 e. The van der Waals surface area contributed by atoms with Crippen LogP contribution in [0.3, 0.4) is 0 Å². The van der Waals surface area contributed by atoms with Crippen LogP contribution >= 0.6 is 24.0 Å². The highest BCUT2D eigenvalue weighted by Crippen LogP contribution is 2.16. The molecule has 0 aliphatic rings. The number of hydrogen-bond donors (Lipinski definition) is 2. The summed E-state index contributed by atoms with van der Waals surface area (Å²) in [5.41, 5.74) is 1.98. The molecule has 9 heteroatoms. The molecule has 0 saturated carbocycles. The van der Waals surface area contributed by atoms with Crippen molar-refractivity contribution in [3.63, 3.8) is 0 Å². The fraction of sp³-hybridized carbons (Fsp3) is 0.750. The Hall–Kier alpha value is -0.840. The predicted octanol–water partition coefficient (Wildman–Crippen LogP) is 2.30. The average molecular weight is 486 g/mol. The number of sulfone groups is 1. The van der Waals surface area contributed by atoms with E-state index in [9.17, 15) is 8.42 Å². The minimum Gasteiger partial charge on any atom is -0.361 e. The normalized spacial score (nSPS) is 12.6. The van der Waals surface area contributed by atoms with Crippen molar-refractivity contribution in [2.24, 2.45) is 4.99 Å². The molecule has 7 nitrogen and oxygen atoms in total. The second-order valence-electron chi connectivity index (χ2n) is 6.52. The van der Waals surface area contributed by atoms with Crippen LogP contribution < -0.4 is 10.6 Å². The van der Waals surface area contributed by atoms with Gasteiger partial charge in [-0.25, -0.2) is 8.42 Å². The summed E-state index contributed by atoms with van der Waals surface area (Å²) in [7, 11) is -1.50. The van der Waals surface area contributed by atoms with Gasteiger partial charge in [0, 0.05) is 32.1 Å². The number of nitrogens with one attached hydrogen (secondary N) is 2. The van der Waals surface area contributed by atoms with Crippen LogP contribution in [0, 0.1) is 0 Å². The molecule has 0 bridgehead atoms. The van der Waals surface area contributed by atoms with E-state index in [1.165, 1.54) is 0 Å². The third-order valence-corrected chi connectivity index (χ3v) is 6.47. The van der Waals surface area contributed by atoms with E-state index in [1.54, 1.807) is 27.8 Å². The molecule has 0 amide bonds. The molecule has 25 heavy (non-hydrogen) atoms. The van der Waals surface area contributed by atoms with E-state index in [1.807, 2.05) is 13.8 Å². The Kier molecular flexibility index (Phi) is 10.00. The predicted molar refractivity (Wildman–Crippen MR) is 112 cm³/mol. The van der Waals surface area contributed by atoms with Crippen molar-refractivity contribution in [2.75, 3.05) is 19.3 Å². The fourth-order valence-electron chi connectivity index (χ4n) is 2.14. The summed E-state index contributed by atoms with van der Waals surface area (Å²) in [5, 5.41) is 10.3. The van der Waals surface area contributed by atoms with Gasteiger partial charge in [0.1, 0.15) is 5.76 Å². The van der Waals surface area contributed by atoms with Gasteiger partial charge in [-0.3, -0.25) is 4.99 Å². The molecule has 1 aromatic heterocycles. The van der Waals surface area contributed by atoms with Crippen molar-refractivity contribution in [1.29, 1.82) is 0 Å². The Morgan fingerprint density at radius 3 is 2.32 bits per heavy atom. The van der Waals surface area contributed by atoms with Crippen LogP contribution in [0.4, 0.5) is 0 Å². The molecule has 0 atom stereocenters. The van der Waals surface area contributed by atoms with E-state index >= 15 is 0 Å². The monoisotopic (exact) mass is 486 g/mol. The summed E-state index contributed by atoms with van der Waals surface area (Å²) in [6, 6.07) is 0. The van der Waals surface area contributed by atoms with Gasteiger partial charge >= 0.3 is 0 Å². The first-order valence-electron chi connectivity index (χ1n) is 8.29. The van der Waals surface area contributed by atoms with Crippen LogP contribution in [-0.2, 0) is 29.2 Å². The molecule has 0 radical (unpaired) electrons. The molecule has 0 fully saturated rings. The van der Waals surface area contributed by atoms with Gasteiger partial charge < -0.3 is 15.2 Å². The van der Waals surface area contributed by atoms with E-state index in [-0.39, 0.29) is 29.7 Å². The minimum atomic E-state index is -3.15. The number of aliphatic imine (C=N–C) groups is 1. The third-order valence-electron chi connectivity index (χ3n) is 3.86. The lowest BCUT2D eigenvalue weighted by Gasteiger charge is -2.19. The first-order chi connectivity index (χ1) is 11.2. The summed E-state index contributed by atoms with van der Waals surface area (Å²) in [5.74, 6) is 1.49. The SMILES string of the molecule is CCc1noc(CC)c1CNC(=NC)NCCS(=O)(=O)C(C)(C)C.I. The zero-order valence-corrected chi connectivity index (χ0v) is 19.1. The molecule has 1 aromatic rings. The van der Waals surface area contributed by atoms with Crippen molar-refractivity contribution >= 4 is 39.8 Å². The summed E-state index contributed by atoms with van der Waals surface area (Å²) < 4.78 is 28.8. The molecule has 0 saturated heterocycles. The van der Waals surface area contributed by atoms with E-state index in [4.69, 9.17) is 4.52 Å². The summed E-state index contributed by atoms with van der Waals surface area (Å²) >= 11 is 0. The Morgan fingerprint density at radius 2 is 1.84 bits per heavy atom. The lowest BCUT2D eigenvalue weighted by Crippen LogP contribution is -2.41. The fourth-order valence-corrected chi connectivity index (χ4v) is 3.12. The van der Waals surface area contributed by atoms with Crippen molar-refractivity contribution < 1.29 is 12.9 Å². The molecule has 0 aliphatic heterocycles. The van der Waals surface area contributed by atoms with Gasteiger partial charge in [-0.2, -0.15) is 0 Å². The van der Waals surface area contributed by atoms with Crippen molar-refractivity contribution in [3.05, 3.63) is 17.0 Å². The number of rotatable bonds is 7. The highest BCUT2D eigenvalue weighted by atomic mass is 127. The van der Waals surface area contributed by atoms with Gasteiger partial charge in [0.05, 0.1) is 16.2 Å². The Balaban J connectivity index is 0.00000576. The average Bonchev–Trinajstić information content (AvgIpc) is 2.91. The topological polar surface area (TPSA) is 96.6 Å². The molecular weight excluding hydrogens is 455 g/mol. The molecule has 0 aromatic carbocycles. The number of aryl methyl sites for hydroxylation is 2. The molecular formula is C16H31IN4O3S. The summed E-state index contributed by atoms with van der Waals surface area (Å²) in [4.78, 5) is 4.13. The largest absolute Gasteiger partial charge is 0.361 e. The number of halogens is 1. The summed E-state index contributed by atoms with van der Waals surface area (Å²) in [6.07, 6.45) is 1.58. The van der Waals surface area contributed by atoms with Gasteiger partial charge in [-0.1, -0.05) is 19.0 Å². The van der Waals surface area contributed by atoms with Crippen LogP contribution in [0.1, 0.15) is 51.6 Å². The van der Waals surface area contributed by atoms with E-state index in [2.05, 4.69) is 20.8 Å². The highest BCUT2D eigenvalue weighted by Gasteiger charge is 2.28. The maximum Gasteiger partial charge on any atom is 0.191 e. The van der Waals surface area contributed by atoms with Gasteiger partial charge in [0.15, 0.2) is 15.8 Å². The van der Waals surface area contributed by atoms with Gasteiger partial charge in [0.25, 0.3) is 0 Å². The van der Waals surface area contributed by atoms with E-state index < -0.39 is 14.6 Å². The van der Waals surface area contributed by atoms with Crippen LogP contribution in [0.2, 0.25) is 0 Å². The number of aromatic nitrogens is 1. The van der Waals surface area contributed by atoms with E-state index in [0.717, 1.165) is 29.9 Å². The van der Waals surface area contributed by atoms with Crippen molar-refractivity contribution in [3.8, 4) is 0 Å². The molecule has 146 valence electrons. The second kappa shape index (κ2) is 10.3. The Morgan fingerprint density at radius 1 is 1.20 bits per heavy atom. The van der Waals surface area contributed by atoms with Crippen molar-refractivity contribution in [2.45, 2.75) is 58.8 Å². The molecule has 1 rings (SSSR count). The maximum atomic E-state index is 12.1. The van der Waals surface area contributed by atoms with Crippen LogP contribution in [0.5, 0.6) is 0 Å². The molecule has 1 heterocycles. The summed E-state index contributed by atoms with van der Waals surface area (Å²) in [6.45, 7) is 10.0. The third kappa shape index (κ3) is 6.76. The number of hydrogen-bond acceptors (Lipinski definition) is 5. The standard InChI is InChI=1S/C16H30N4O3S.HI/c1-7-13-12(14(8-2)23-20-13)11-19-15(17-6)18-9-10-24(21,22)16(3,4)5;/h7-11H2,1-6H3,(H2,17,18,19);1H. The number of guanidine groups is 1. The van der Waals surface area contributed by atoms with Gasteiger partial charge in [-0.15, -0.1) is 24.0 Å². The zero-order valence-electron chi connectivity index (χ0n) is 16.0. The number of nitrogens with zero attached hydrogens (tertiary/aromatic N) is 2. The molecule has 0 aliphatic carbocycles. The lowest BCUT2D eigenvalue weighted by molar-refractivity contribution is 0.380. The van der Waals surface area contributed by atoms with Crippen molar-refractivity contribution in [1.82, 2.24) is 15.8 Å². The first-order valence-corrected chi connectivity index (χ1v) is 9.94. The minimum absolute atomic E-state index is 0. The highest BCUT2D eigenvalue weighted by molar-refractivity contribution is 14.0. The van der Waals surface area contributed by atoms with Crippen LogP contribution in [0.15, 0.2) is 9.52 Å². The van der Waals surface area contributed by atoms with Gasteiger partial charge in [-0.05, 0) is 27.2 Å². The van der Waals surface area contributed by atoms with Crippen LogP contribution in [-0.4, -0.2) is 43.6 Å². The zero-order chi connectivity index (χ0) is 18.4. The lowest BCUT2D eigenvalue weighted by atomic mass is 10.1. The Bertz CT molecular complexity index is 642. The molecule has 0 unspecified atom stereocenters. The molecule has 2 N–H and O–H groups in total. The maximum absolute atomic E-state index is 12.1. The molecule has 0 spiro atoms. The second-order valence-corrected chi connectivity index (χ2v) is 9.38. The first kappa shape index (κ1) is 24.2. The van der Waals surface area contributed by atoms with Crippen LogP contribution in [0.25, 0.3) is 0 Å². The van der Waals surface area contributed by atoms with E-state index in [0.29, 0.717) is 19.0 Å². The quantitative estimate of drug-likeness (QED) is 0.349. The Labute approximate surface area is 168 Å².